The van der Waals surface area contributed by atoms with Gasteiger partial charge in [-0.1, -0.05) is 0 Å². The lowest BCUT2D eigenvalue weighted by Gasteiger charge is -2.33. The normalized spacial score (nSPS) is 17.1. The topological polar surface area (TPSA) is 77.1 Å². The van der Waals surface area contributed by atoms with Gasteiger partial charge < -0.3 is 24.4 Å². The first kappa shape index (κ1) is 20.1. The number of halogens is 1. The number of carbonyl (C=O) groups excluding carboxylic acids is 2. The monoisotopic (exact) mass is 426 g/mol. The van der Waals surface area contributed by atoms with Crippen molar-refractivity contribution in [3.05, 3.63) is 33.4 Å². The van der Waals surface area contributed by atoms with E-state index >= 15 is 0 Å². The van der Waals surface area contributed by atoms with Crippen LogP contribution in [0.25, 0.3) is 0 Å². The summed E-state index contributed by atoms with van der Waals surface area (Å²) in [5, 5.41) is 2.84. The Bertz CT molecular complexity index is 747. The molecule has 2 amide bonds. The SMILES string of the molecule is CCOc1cc(C2NC(=O)N(C)C(C)=C2C(=O)OC)cc(Br)c1OCC. The number of esters is 1. The fraction of sp³-hybridized carbons (Fsp3) is 0.444. The number of ether oxygens (including phenoxy) is 3. The zero-order chi connectivity index (χ0) is 19.4. The number of hydrogen-bond donors (Lipinski definition) is 1. The van der Waals surface area contributed by atoms with Crippen molar-refractivity contribution in [1.29, 1.82) is 0 Å². The van der Waals surface area contributed by atoms with Crippen molar-refractivity contribution in [2.45, 2.75) is 26.8 Å². The van der Waals surface area contributed by atoms with Gasteiger partial charge in [0.05, 0.1) is 36.4 Å². The summed E-state index contributed by atoms with van der Waals surface area (Å²) in [6, 6.07) is 2.62. The lowest BCUT2D eigenvalue weighted by atomic mass is 9.94. The van der Waals surface area contributed by atoms with Crippen LogP contribution < -0.4 is 14.8 Å². The highest BCUT2D eigenvalue weighted by Gasteiger charge is 2.35. The average molecular weight is 427 g/mol. The van der Waals surface area contributed by atoms with Gasteiger partial charge >= 0.3 is 12.0 Å². The molecule has 1 N–H and O–H groups in total. The molecule has 0 radical (unpaired) electrons. The molecule has 8 heteroatoms. The molecular weight excluding hydrogens is 404 g/mol. The Balaban J connectivity index is 2.60. The number of hydrogen-bond acceptors (Lipinski definition) is 5. The molecule has 7 nitrogen and oxygen atoms in total. The van der Waals surface area contributed by atoms with Crippen LogP contribution in [0.3, 0.4) is 0 Å². The number of benzene rings is 1. The molecule has 1 aromatic rings. The van der Waals surface area contributed by atoms with Crippen LogP contribution in [0.2, 0.25) is 0 Å². The van der Waals surface area contributed by atoms with Gasteiger partial charge in [-0.3, -0.25) is 0 Å². The van der Waals surface area contributed by atoms with Crippen molar-refractivity contribution in [3.63, 3.8) is 0 Å². The molecule has 2 rings (SSSR count). The minimum atomic E-state index is -0.655. The Morgan fingerprint density at radius 1 is 1.27 bits per heavy atom. The standard InChI is InChI=1S/C18H23BrN2O5/c1-6-25-13-9-11(8-12(19)16(13)26-7-2)15-14(17(22)24-5)10(3)21(4)18(23)20-15/h8-9,15H,6-7H2,1-5H3,(H,20,23). The van der Waals surface area contributed by atoms with Crippen molar-refractivity contribution >= 4 is 27.9 Å². The van der Waals surface area contributed by atoms with Crippen molar-refractivity contribution < 1.29 is 23.8 Å². The number of nitrogens with one attached hydrogen (secondary N) is 1. The van der Waals surface area contributed by atoms with Gasteiger partial charge in [-0.05, 0) is 54.4 Å². The molecule has 142 valence electrons. The summed E-state index contributed by atoms with van der Waals surface area (Å²) in [4.78, 5) is 26.0. The first-order valence-corrected chi connectivity index (χ1v) is 9.07. The maximum atomic E-state index is 12.4. The van der Waals surface area contributed by atoms with E-state index in [-0.39, 0.29) is 6.03 Å². The molecule has 1 unspecified atom stereocenters. The van der Waals surface area contributed by atoms with Crippen LogP contribution in [0.5, 0.6) is 11.5 Å². The second kappa shape index (κ2) is 8.44. The van der Waals surface area contributed by atoms with Crippen molar-refractivity contribution in [2.75, 3.05) is 27.4 Å². The summed E-state index contributed by atoms with van der Waals surface area (Å²) in [6.45, 7) is 6.40. The van der Waals surface area contributed by atoms with Gasteiger partial charge in [0.2, 0.25) is 0 Å². The van der Waals surface area contributed by atoms with E-state index in [1.165, 1.54) is 12.0 Å². The number of methoxy groups -OCH3 is 1. The first-order chi connectivity index (χ1) is 12.3. The van der Waals surface area contributed by atoms with Gasteiger partial charge in [0.25, 0.3) is 0 Å². The number of urea groups is 1. The van der Waals surface area contributed by atoms with E-state index < -0.39 is 12.0 Å². The van der Waals surface area contributed by atoms with Crippen LogP contribution in [0.15, 0.2) is 27.9 Å². The van der Waals surface area contributed by atoms with E-state index in [1.54, 1.807) is 26.1 Å². The molecule has 0 bridgehead atoms. The molecule has 1 atom stereocenters. The van der Waals surface area contributed by atoms with E-state index in [1.807, 2.05) is 13.8 Å². The van der Waals surface area contributed by atoms with E-state index in [0.717, 1.165) is 0 Å². The van der Waals surface area contributed by atoms with Gasteiger partial charge in [-0.15, -0.1) is 0 Å². The van der Waals surface area contributed by atoms with Crippen molar-refractivity contribution in [2.24, 2.45) is 0 Å². The molecule has 0 aliphatic carbocycles. The summed E-state index contributed by atoms with van der Waals surface area (Å²) >= 11 is 3.49. The van der Waals surface area contributed by atoms with Crippen LogP contribution in [-0.2, 0) is 9.53 Å². The van der Waals surface area contributed by atoms with E-state index in [0.29, 0.717) is 46.0 Å². The van der Waals surface area contributed by atoms with Crippen molar-refractivity contribution in [3.8, 4) is 11.5 Å². The molecule has 26 heavy (non-hydrogen) atoms. The molecular formula is C18H23BrN2O5. The fourth-order valence-corrected chi connectivity index (χ4v) is 3.34. The lowest BCUT2D eigenvalue weighted by Crippen LogP contribution is -2.46. The smallest absolute Gasteiger partial charge is 0.337 e. The summed E-state index contributed by atoms with van der Waals surface area (Å²) in [7, 11) is 2.92. The Labute approximate surface area is 161 Å². The predicted octanol–water partition coefficient (Wildman–Crippen LogP) is 3.39. The van der Waals surface area contributed by atoms with Gasteiger partial charge in [0, 0.05) is 12.7 Å². The molecule has 0 spiro atoms. The zero-order valence-electron chi connectivity index (χ0n) is 15.5. The molecule has 0 saturated heterocycles. The molecule has 0 aromatic heterocycles. The summed E-state index contributed by atoms with van der Waals surface area (Å²) < 4.78 is 16.9. The quantitative estimate of drug-likeness (QED) is 0.705. The third-order valence-electron chi connectivity index (χ3n) is 4.11. The van der Waals surface area contributed by atoms with Crippen molar-refractivity contribution in [1.82, 2.24) is 10.2 Å². The lowest BCUT2D eigenvalue weighted by molar-refractivity contribution is -0.136. The Kier molecular flexibility index (Phi) is 6.52. The van der Waals surface area contributed by atoms with E-state index in [9.17, 15) is 9.59 Å². The van der Waals surface area contributed by atoms with Gasteiger partial charge in [0.1, 0.15) is 0 Å². The largest absolute Gasteiger partial charge is 0.490 e. The molecule has 0 fully saturated rings. The molecule has 1 aliphatic heterocycles. The third kappa shape index (κ3) is 3.80. The number of nitrogens with zero attached hydrogens (tertiary/aromatic N) is 1. The zero-order valence-corrected chi connectivity index (χ0v) is 17.1. The summed E-state index contributed by atoms with van der Waals surface area (Å²) in [5.41, 5.74) is 1.59. The van der Waals surface area contributed by atoms with Crippen LogP contribution in [0.1, 0.15) is 32.4 Å². The molecule has 1 aromatic carbocycles. The maximum Gasteiger partial charge on any atom is 0.337 e. The molecule has 1 aliphatic rings. The predicted molar refractivity (Wildman–Crippen MR) is 100 cm³/mol. The van der Waals surface area contributed by atoms with Gasteiger partial charge in [-0.25, -0.2) is 9.59 Å². The highest BCUT2D eigenvalue weighted by atomic mass is 79.9. The summed E-state index contributed by atoms with van der Waals surface area (Å²) in [6.07, 6.45) is 0. The first-order valence-electron chi connectivity index (χ1n) is 8.27. The molecule has 1 heterocycles. The third-order valence-corrected chi connectivity index (χ3v) is 4.70. The van der Waals surface area contributed by atoms with Crippen LogP contribution in [0, 0.1) is 0 Å². The minimum absolute atomic E-state index is 0.303. The fourth-order valence-electron chi connectivity index (χ4n) is 2.76. The summed E-state index contributed by atoms with van der Waals surface area (Å²) in [5.74, 6) is 0.619. The molecule has 0 saturated carbocycles. The van der Waals surface area contributed by atoms with Crippen LogP contribution >= 0.6 is 15.9 Å². The Hall–Kier alpha value is -2.22. The highest BCUT2D eigenvalue weighted by molar-refractivity contribution is 9.10. The second-order valence-corrected chi connectivity index (χ2v) is 6.48. The maximum absolute atomic E-state index is 12.4. The van der Waals surface area contributed by atoms with E-state index in [4.69, 9.17) is 14.2 Å². The van der Waals surface area contributed by atoms with Crippen LogP contribution in [-0.4, -0.2) is 44.3 Å². The minimum Gasteiger partial charge on any atom is -0.490 e. The van der Waals surface area contributed by atoms with E-state index in [2.05, 4.69) is 21.2 Å². The number of rotatable bonds is 6. The average Bonchev–Trinajstić information content (AvgIpc) is 2.61. The number of amides is 2. The Morgan fingerprint density at radius 2 is 1.92 bits per heavy atom. The van der Waals surface area contributed by atoms with Gasteiger partial charge in [0.15, 0.2) is 11.5 Å². The highest BCUT2D eigenvalue weighted by Crippen LogP contribution is 2.41. The number of carbonyl (C=O) groups is 2. The number of allylic oxidation sites excluding steroid dienone is 1. The Morgan fingerprint density at radius 3 is 2.50 bits per heavy atom. The van der Waals surface area contributed by atoms with Gasteiger partial charge in [-0.2, -0.15) is 0 Å². The van der Waals surface area contributed by atoms with Crippen LogP contribution in [0.4, 0.5) is 4.79 Å². The second-order valence-electron chi connectivity index (χ2n) is 5.63.